The Labute approximate surface area is 257 Å². The summed E-state index contributed by atoms with van der Waals surface area (Å²) in [7, 11) is 6.40. The molecular formula is C36H74N2OS. The second-order valence-corrected chi connectivity index (χ2v) is 15.4. The summed E-state index contributed by atoms with van der Waals surface area (Å²) in [5.41, 5.74) is 0.633. The van der Waals surface area contributed by atoms with Gasteiger partial charge in [-0.05, 0) is 56.4 Å². The monoisotopic (exact) mass is 583 g/mol. The molecule has 0 fully saturated rings. The van der Waals surface area contributed by atoms with E-state index in [1.165, 1.54) is 128 Å². The van der Waals surface area contributed by atoms with Crippen LogP contribution in [0.15, 0.2) is 0 Å². The zero-order chi connectivity index (χ0) is 30.3. The fraction of sp³-hybridized carbons (Fsp3) is 0.972. The molecule has 2 atom stereocenters. The average molecular weight is 583 g/mol. The molecule has 0 spiro atoms. The van der Waals surface area contributed by atoms with Crippen LogP contribution in [0, 0.1) is 10.8 Å². The quantitative estimate of drug-likeness (QED) is 0.0857. The number of thioether (sulfide) groups is 1. The van der Waals surface area contributed by atoms with Gasteiger partial charge in [0.05, 0.1) is 0 Å². The van der Waals surface area contributed by atoms with E-state index in [-0.39, 0.29) is 5.41 Å². The van der Waals surface area contributed by atoms with Crippen molar-refractivity contribution < 1.29 is 4.79 Å². The first kappa shape index (κ1) is 39.8. The lowest BCUT2D eigenvalue weighted by atomic mass is 9.79. The predicted molar refractivity (Wildman–Crippen MR) is 184 cm³/mol. The van der Waals surface area contributed by atoms with Crippen LogP contribution in [0.1, 0.15) is 170 Å². The standard InChI is InChI=1S/C36H74N2OS/c1-10-14-18-21-24-26-35(5,25-17-13-4)31-38(9)34(39)29-33(30-37(7)8)40-32-36(6,27-22-19-15-11-2)28-23-20-16-12-3/h33H,10-32H2,1-9H3. The lowest BCUT2D eigenvalue weighted by molar-refractivity contribution is -0.131. The van der Waals surface area contributed by atoms with Gasteiger partial charge in [0, 0.05) is 31.8 Å². The van der Waals surface area contributed by atoms with Gasteiger partial charge in [-0.3, -0.25) is 4.79 Å². The van der Waals surface area contributed by atoms with Gasteiger partial charge >= 0.3 is 0 Å². The number of rotatable bonds is 28. The van der Waals surface area contributed by atoms with Crippen molar-refractivity contribution in [3.8, 4) is 0 Å². The molecule has 2 unspecified atom stereocenters. The van der Waals surface area contributed by atoms with Crippen molar-refractivity contribution in [1.29, 1.82) is 0 Å². The number of carbonyl (C=O) groups is 1. The van der Waals surface area contributed by atoms with Gasteiger partial charge in [-0.2, -0.15) is 11.8 Å². The molecule has 0 aromatic rings. The first-order chi connectivity index (χ1) is 19.0. The van der Waals surface area contributed by atoms with Crippen molar-refractivity contribution in [2.24, 2.45) is 10.8 Å². The minimum Gasteiger partial charge on any atom is -0.345 e. The number of unbranched alkanes of at least 4 members (excludes halogenated alkanes) is 11. The summed E-state index contributed by atoms with van der Waals surface area (Å²) >= 11 is 2.09. The molecule has 0 aliphatic carbocycles. The van der Waals surface area contributed by atoms with Crippen LogP contribution in [0.4, 0.5) is 0 Å². The summed E-state index contributed by atoms with van der Waals surface area (Å²) < 4.78 is 0. The molecule has 40 heavy (non-hydrogen) atoms. The Bertz CT molecular complexity index is 583. The summed E-state index contributed by atoms with van der Waals surface area (Å²) in [5.74, 6) is 1.54. The highest BCUT2D eigenvalue weighted by Gasteiger charge is 2.30. The lowest BCUT2D eigenvalue weighted by Gasteiger charge is -2.35. The number of carbonyl (C=O) groups excluding carboxylic acids is 1. The van der Waals surface area contributed by atoms with Crippen molar-refractivity contribution in [3.63, 3.8) is 0 Å². The maximum absolute atomic E-state index is 13.6. The summed E-state index contributed by atoms with van der Waals surface area (Å²) in [6, 6.07) is 0. The summed E-state index contributed by atoms with van der Waals surface area (Å²) in [6.45, 7) is 16.1. The third-order valence-corrected chi connectivity index (χ3v) is 10.6. The zero-order valence-corrected chi connectivity index (χ0v) is 29.9. The minimum atomic E-state index is 0.242. The number of nitrogens with zero attached hydrogens (tertiary/aromatic N) is 2. The van der Waals surface area contributed by atoms with Gasteiger partial charge in [0.15, 0.2) is 0 Å². The molecule has 0 aliphatic rings. The Morgan fingerprint density at radius 2 is 1.05 bits per heavy atom. The van der Waals surface area contributed by atoms with E-state index in [9.17, 15) is 4.79 Å². The number of hydrogen-bond donors (Lipinski definition) is 0. The third-order valence-electron chi connectivity index (χ3n) is 8.97. The second-order valence-electron chi connectivity index (χ2n) is 14.2. The molecule has 0 rings (SSSR count). The van der Waals surface area contributed by atoms with Gasteiger partial charge < -0.3 is 9.80 Å². The molecule has 4 heteroatoms. The van der Waals surface area contributed by atoms with Crippen molar-refractivity contribution in [3.05, 3.63) is 0 Å². The first-order valence-corrected chi connectivity index (χ1v) is 18.6. The molecule has 0 saturated heterocycles. The smallest absolute Gasteiger partial charge is 0.223 e. The van der Waals surface area contributed by atoms with Gasteiger partial charge in [0.25, 0.3) is 0 Å². The minimum absolute atomic E-state index is 0.242. The Kier molecular flexibility index (Phi) is 24.1. The van der Waals surface area contributed by atoms with Crippen LogP contribution in [0.5, 0.6) is 0 Å². The molecular weight excluding hydrogens is 508 g/mol. The Balaban J connectivity index is 5.22. The molecule has 240 valence electrons. The maximum atomic E-state index is 13.6. The van der Waals surface area contributed by atoms with Crippen LogP contribution in [0.3, 0.4) is 0 Å². The molecule has 0 N–H and O–H groups in total. The summed E-state index contributed by atoms with van der Waals surface area (Å²) in [6.07, 6.45) is 25.7. The Morgan fingerprint density at radius 3 is 1.52 bits per heavy atom. The van der Waals surface area contributed by atoms with E-state index in [1.54, 1.807) is 0 Å². The largest absolute Gasteiger partial charge is 0.345 e. The van der Waals surface area contributed by atoms with Crippen molar-refractivity contribution in [2.45, 2.75) is 175 Å². The van der Waals surface area contributed by atoms with E-state index < -0.39 is 0 Å². The molecule has 0 heterocycles. The lowest BCUT2D eigenvalue weighted by Crippen LogP contribution is -2.40. The van der Waals surface area contributed by atoms with Crippen molar-refractivity contribution in [1.82, 2.24) is 9.80 Å². The molecule has 1 amide bonds. The molecule has 0 aromatic heterocycles. The van der Waals surface area contributed by atoms with Gasteiger partial charge in [-0.15, -0.1) is 0 Å². The molecule has 0 radical (unpaired) electrons. The molecule has 0 aliphatic heterocycles. The highest BCUT2D eigenvalue weighted by molar-refractivity contribution is 8.00. The zero-order valence-electron chi connectivity index (χ0n) is 29.1. The van der Waals surface area contributed by atoms with Crippen LogP contribution in [0.25, 0.3) is 0 Å². The molecule has 3 nitrogen and oxygen atoms in total. The van der Waals surface area contributed by atoms with E-state index in [1.807, 2.05) is 0 Å². The van der Waals surface area contributed by atoms with Crippen molar-refractivity contribution in [2.75, 3.05) is 40.0 Å². The van der Waals surface area contributed by atoms with Crippen LogP contribution >= 0.6 is 11.8 Å². The first-order valence-electron chi connectivity index (χ1n) is 17.5. The Morgan fingerprint density at radius 1 is 0.625 bits per heavy atom. The van der Waals surface area contributed by atoms with E-state index >= 15 is 0 Å². The van der Waals surface area contributed by atoms with Gasteiger partial charge in [0.2, 0.25) is 5.91 Å². The van der Waals surface area contributed by atoms with Crippen LogP contribution < -0.4 is 0 Å². The fourth-order valence-electron chi connectivity index (χ4n) is 6.18. The topological polar surface area (TPSA) is 23.6 Å². The van der Waals surface area contributed by atoms with Gasteiger partial charge in [-0.25, -0.2) is 0 Å². The van der Waals surface area contributed by atoms with Crippen LogP contribution in [-0.4, -0.2) is 60.9 Å². The number of hydrogen-bond acceptors (Lipinski definition) is 3. The summed E-state index contributed by atoms with van der Waals surface area (Å²) in [5, 5.41) is 0.367. The molecule has 0 aromatic carbocycles. The number of amides is 1. The van der Waals surface area contributed by atoms with Crippen LogP contribution in [-0.2, 0) is 4.79 Å². The third kappa shape index (κ3) is 20.6. The average Bonchev–Trinajstić information content (AvgIpc) is 2.91. The van der Waals surface area contributed by atoms with Gasteiger partial charge in [-0.1, -0.05) is 138 Å². The predicted octanol–water partition coefficient (Wildman–Crippen LogP) is 11.0. The SMILES string of the molecule is CCCCCCCC(C)(CCCC)CN(C)C(=O)CC(CN(C)C)SCC(C)(CCCCCC)CCCCCC. The highest BCUT2D eigenvalue weighted by atomic mass is 32.2. The van der Waals surface area contributed by atoms with E-state index in [0.29, 0.717) is 23.0 Å². The van der Waals surface area contributed by atoms with Gasteiger partial charge in [0.1, 0.15) is 0 Å². The Hall–Kier alpha value is -0.220. The van der Waals surface area contributed by atoms with E-state index in [4.69, 9.17) is 0 Å². The molecule has 0 bridgehead atoms. The second kappa shape index (κ2) is 24.2. The van der Waals surface area contributed by atoms with E-state index in [2.05, 4.69) is 84.2 Å². The van der Waals surface area contributed by atoms with Crippen molar-refractivity contribution >= 4 is 17.7 Å². The normalized spacial score (nSPS) is 14.4. The van der Waals surface area contributed by atoms with E-state index in [0.717, 1.165) is 13.1 Å². The highest BCUT2D eigenvalue weighted by Crippen LogP contribution is 2.37. The maximum Gasteiger partial charge on any atom is 0.223 e. The summed E-state index contributed by atoms with van der Waals surface area (Å²) in [4.78, 5) is 18.0. The molecule has 0 saturated carbocycles. The fourth-order valence-corrected chi connectivity index (χ4v) is 7.77. The van der Waals surface area contributed by atoms with Crippen LogP contribution in [0.2, 0.25) is 0 Å².